The number of hydrogen-bond donors (Lipinski definition) is 2. The molecule has 35 heavy (non-hydrogen) atoms. The number of aromatic amines is 1. The zero-order valence-corrected chi connectivity index (χ0v) is 20.6. The van der Waals surface area contributed by atoms with Gasteiger partial charge in [-0.15, -0.1) is 5.10 Å². The van der Waals surface area contributed by atoms with Gasteiger partial charge in [0.05, 0.1) is 20.3 Å². The van der Waals surface area contributed by atoms with Crippen LogP contribution in [0.25, 0.3) is 28.2 Å². The van der Waals surface area contributed by atoms with Gasteiger partial charge >= 0.3 is 5.97 Å². The number of nitrogens with zero attached hydrogens (tertiary/aromatic N) is 2. The molecular formula is C26H25N3O5S. The number of methoxy groups -OCH3 is 2. The molecule has 1 aromatic heterocycles. The average molecular weight is 492 g/mol. The number of carboxylic acids is 1. The molecule has 0 amide bonds. The summed E-state index contributed by atoms with van der Waals surface area (Å²) in [5.74, 6) is 1.18. The van der Waals surface area contributed by atoms with Crippen LogP contribution in [0.2, 0.25) is 0 Å². The normalized spacial score (nSPS) is 11.6. The maximum absolute atomic E-state index is 12.2. The number of fused-ring (bicyclic) bond motifs is 1. The molecule has 0 bridgehead atoms. The highest BCUT2D eigenvalue weighted by Crippen LogP contribution is 2.35. The number of ether oxygens (including phenoxy) is 3. The second-order valence-electron chi connectivity index (χ2n) is 7.85. The van der Waals surface area contributed by atoms with Crippen LogP contribution in [-0.2, 0) is 4.79 Å². The summed E-state index contributed by atoms with van der Waals surface area (Å²) in [7, 11) is 3.13. The van der Waals surface area contributed by atoms with Gasteiger partial charge in [0.25, 0.3) is 0 Å². The minimum Gasteiger partial charge on any atom is -0.497 e. The molecule has 4 aromatic rings. The zero-order chi connectivity index (χ0) is 24.9. The lowest BCUT2D eigenvalue weighted by atomic mass is 10.0. The van der Waals surface area contributed by atoms with Crippen molar-refractivity contribution in [3.63, 3.8) is 0 Å². The van der Waals surface area contributed by atoms with Crippen molar-refractivity contribution in [2.45, 2.75) is 25.1 Å². The number of benzene rings is 3. The quantitative estimate of drug-likeness (QED) is 0.229. The number of hydrogen-bond acceptors (Lipinski definition) is 7. The molecule has 0 aliphatic rings. The van der Waals surface area contributed by atoms with Crippen LogP contribution in [0.1, 0.15) is 19.4 Å². The van der Waals surface area contributed by atoms with E-state index in [1.165, 1.54) is 0 Å². The van der Waals surface area contributed by atoms with E-state index in [2.05, 4.69) is 15.2 Å². The first kappa shape index (κ1) is 24.2. The van der Waals surface area contributed by atoms with E-state index in [1.54, 1.807) is 38.5 Å². The number of thioether (sulfide) groups is 1. The molecule has 0 atom stereocenters. The predicted octanol–water partition coefficient (Wildman–Crippen LogP) is 5.65. The van der Waals surface area contributed by atoms with Gasteiger partial charge < -0.3 is 19.3 Å². The second kappa shape index (κ2) is 10.5. The van der Waals surface area contributed by atoms with E-state index in [0.29, 0.717) is 34.2 Å². The Kier molecular flexibility index (Phi) is 7.26. The molecule has 9 heteroatoms. The Morgan fingerprint density at radius 2 is 1.77 bits per heavy atom. The van der Waals surface area contributed by atoms with Gasteiger partial charge in [-0.1, -0.05) is 30.3 Å². The van der Waals surface area contributed by atoms with Crippen LogP contribution >= 0.6 is 11.8 Å². The fourth-order valence-corrected chi connectivity index (χ4v) is 4.20. The van der Waals surface area contributed by atoms with E-state index < -0.39 is 5.97 Å². The molecule has 0 radical (unpaired) electrons. The summed E-state index contributed by atoms with van der Waals surface area (Å²) in [5, 5.41) is 19.2. The topological polar surface area (TPSA) is 107 Å². The minimum absolute atomic E-state index is 0.0590. The molecule has 2 N–H and O–H groups in total. The highest BCUT2D eigenvalue weighted by atomic mass is 32.2. The van der Waals surface area contributed by atoms with Crippen molar-refractivity contribution in [2.75, 3.05) is 14.2 Å². The van der Waals surface area contributed by atoms with E-state index >= 15 is 0 Å². The van der Waals surface area contributed by atoms with Gasteiger partial charge in [0.2, 0.25) is 5.16 Å². The number of rotatable bonds is 9. The standard InChI is InChI=1S/C26H25N3O5S/c1-15(2)34-22-10-9-16-7-5-6-8-20(16)21(22)14-23(25(30)31)35-26-27-24(28-29-26)17-11-18(32-3)13-19(12-17)33-4/h5-15H,1-4H3,(H,30,31)(H,27,28,29)/b23-14-. The summed E-state index contributed by atoms with van der Waals surface area (Å²) in [6.07, 6.45) is 1.54. The lowest BCUT2D eigenvalue weighted by molar-refractivity contribution is -0.131. The Hall–Kier alpha value is -3.98. The van der Waals surface area contributed by atoms with E-state index in [4.69, 9.17) is 14.2 Å². The first-order valence-electron chi connectivity index (χ1n) is 10.8. The smallest absolute Gasteiger partial charge is 0.342 e. The van der Waals surface area contributed by atoms with Crippen LogP contribution < -0.4 is 14.2 Å². The van der Waals surface area contributed by atoms with Crippen molar-refractivity contribution in [3.05, 3.63) is 65.1 Å². The SMILES string of the molecule is COc1cc(OC)cc(-c2nc(S/C(=C\c3c(OC(C)C)ccc4ccccc34)C(=O)O)n[nH]2)c1. The Bertz CT molecular complexity index is 1370. The maximum Gasteiger partial charge on any atom is 0.342 e. The van der Waals surface area contributed by atoms with Crippen LogP contribution in [0, 0.1) is 0 Å². The minimum atomic E-state index is -1.09. The summed E-state index contributed by atoms with van der Waals surface area (Å²) in [6, 6.07) is 16.9. The molecule has 3 aromatic carbocycles. The van der Waals surface area contributed by atoms with Crippen molar-refractivity contribution < 1.29 is 24.1 Å². The molecule has 8 nitrogen and oxygen atoms in total. The molecule has 0 aliphatic heterocycles. The largest absolute Gasteiger partial charge is 0.497 e. The van der Waals surface area contributed by atoms with Crippen LogP contribution in [-0.4, -0.2) is 46.6 Å². The van der Waals surface area contributed by atoms with Gasteiger partial charge in [0.15, 0.2) is 5.82 Å². The first-order valence-corrected chi connectivity index (χ1v) is 11.7. The summed E-state index contributed by atoms with van der Waals surface area (Å²) >= 11 is 0.953. The Morgan fingerprint density at radius 3 is 2.43 bits per heavy atom. The molecule has 0 spiro atoms. The third-order valence-electron chi connectivity index (χ3n) is 5.07. The fraction of sp³-hybridized carbons (Fsp3) is 0.192. The van der Waals surface area contributed by atoms with Gasteiger partial charge in [-0.3, -0.25) is 5.10 Å². The van der Waals surface area contributed by atoms with Crippen molar-refractivity contribution in [1.82, 2.24) is 15.2 Å². The monoisotopic (exact) mass is 491 g/mol. The predicted molar refractivity (Wildman–Crippen MR) is 136 cm³/mol. The second-order valence-corrected chi connectivity index (χ2v) is 8.86. The molecule has 180 valence electrons. The highest BCUT2D eigenvalue weighted by Gasteiger charge is 2.18. The Labute approximate surface area is 206 Å². The van der Waals surface area contributed by atoms with E-state index in [0.717, 1.165) is 22.5 Å². The van der Waals surface area contributed by atoms with Gasteiger partial charge in [0.1, 0.15) is 22.2 Å². The summed E-state index contributed by atoms with van der Waals surface area (Å²) in [5.41, 5.74) is 1.39. The van der Waals surface area contributed by atoms with Crippen molar-refractivity contribution in [1.29, 1.82) is 0 Å². The van der Waals surface area contributed by atoms with Gasteiger partial charge in [-0.25, -0.2) is 9.78 Å². The number of carboxylic acid groups (broad SMARTS) is 1. The van der Waals surface area contributed by atoms with Crippen molar-refractivity contribution in [2.24, 2.45) is 0 Å². The van der Waals surface area contributed by atoms with E-state index in [9.17, 15) is 9.90 Å². The first-order chi connectivity index (χ1) is 16.9. The van der Waals surface area contributed by atoms with E-state index in [-0.39, 0.29) is 16.2 Å². The summed E-state index contributed by atoms with van der Waals surface area (Å²) in [6.45, 7) is 3.86. The Morgan fingerprint density at radius 1 is 1.06 bits per heavy atom. The van der Waals surface area contributed by atoms with Crippen molar-refractivity contribution >= 4 is 34.6 Å². The number of aromatic nitrogens is 3. The fourth-order valence-electron chi connectivity index (χ4n) is 3.51. The number of carbonyl (C=O) groups is 1. The lowest BCUT2D eigenvalue weighted by Gasteiger charge is -2.15. The third kappa shape index (κ3) is 5.58. The number of aliphatic carboxylic acids is 1. The highest BCUT2D eigenvalue weighted by molar-refractivity contribution is 8.04. The van der Waals surface area contributed by atoms with Crippen molar-refractivity contribution in [3.8, 4) is 28.6 Å². The third-order valence-corrected chi connectivity index (χ3v) is 5.95. The van der Waals surface area contributed by atoms with Crippen LogP contribution in [0.4, 0.5) is 0 Å². The maximum atomic E-state index is 12.2. The zero-order valence-electron chi connectivity index (χ0n) is 19.7. The molecule has 1 heterocycles. The summed E-state index contributed by atoms with van der Waals surface area (Å²) in [4.78, 5) is 16.7. The molecule has 0 fully saturated rings. The van der Waals surface area contributed by atoms with Crippen LogP contribution in [0.15, 0.2) is 64.7 Å². The number of H-pyrrole nitrogens is 1. The molecule has 0 saturated carbocycles. The molecule has 4 rings (SSSR count). The Balaban J connectivity index is 1.72. The van der Waals surface area contributed by atoms with Gasteiger partial charge in [-0.2, -0.15) is 0 Å². The molecule has 0 unspecified atom stereocenters. The molecule has 0 aliphatic carbocycles. The molecular weight excluding hydrogens is 466 g/mol. The average Bonchev–Trinajstić information content (AvgIpc) is 3.32. The van der Waals surface area contributed by atoms with Crippen LogP contribution in [0.3, 0.4) is 0 Å². The van der Waals surface area contributed by atoms with Crippen LogP contribution in [0.5, 0.6) is 17.2 Å². The van der Waals surface area contributed by atoms with Gasteiger partial charge in [-0.05, 0) is 60.7 Å². The van der Waals surface area contributed by atoms with E-state index in [1.807, 2.05) is 50.2 Å². The lowest BCUT2D eigenvalue weighted by Crippen LogP contribution is -2.07. The van der Waals surface area contributed by atoms with Gasteiger partial charge in [0, 0.05) is 17.2 Å². The number of nitrogens with one attached hydrogen (secondary N) is 1. The summed E-state index contributed by atoms with van der Waals surface area (Å²) < 4.78 is 16.6. The molecule has 0 saturated heterocycles.